The number of H-pyrrole nitrogens is 1. The molecule has 0 bridgehead atoms. The lowest BCUT2D eigenvalue weighted by Crippen LogP contribution is -2.34. The number of rotatable bonds is 11. The summed E-state index contributed by atoms with van der Waals surface area (Å²) in [5.41, 5.74) is 2.01. The molecule has 2 amide bonds. The van der Waals surface area contributed by atoms with E-state index in [1.807, 2.05) is 0 Å². The molecule has 9 nitrogen and oxygen atoms in total. The summed E-state index contributed by atoms with van der Waals surface area (Å²) in [4.78, 5) is 44.4. The first kappa shape index (κ1) is 31.9. The zero-order valence-electron chi connectivity index (χ0n) is 24.9. The number of carbonyl (C=O) groups is 3. The van der Waals surface area contributed by atoms with Crippen LogP contribution in [0, 0.1) is 18.6 Å². The number of aromatic nitrogens is 2. The van der Waals surface area contributed by atoms with Crippen molar-refractivity contribution in [3.8, 4) is 22.9 Å². The van der Waals surface area contributed by atoms with Crippen LogP contribution in [0.2, 0.25) is 0 Å². The number of nitrogens with one attached hydrogen (secondary N) is 3. The Labute approximate surface area is 254 Å². The number of pyridine rings is 1. The lowest BCUT2D eigenvalue weighted by atomic mass is 10.0. The molecule has 2 aromatic carbocycles. The van der Waals surface area contributed by atoms with Gasteiger partial charge in [0.15, 0.2) is 17.3 Å². The van der Waals surface area contributed by atoms with Gasteiger partial charge in [-0.2, -0.15) is 0 Å². The van der Waals surface area contributed by atoms with Gasteiger partial charge in [0, 0.05) is 43.5 Å². The molecule has 3 N–H and O–H groups in total. The number of aryl methyl sites for hydroxylation is 1. The molecule has 0 aliphatic carbocycles. The second-order valence-corrected chi connectivity index (χ2v) is 11.2. The van der Waals surface area contributed by atoms with Crippen molar-refractivity contribution in [3.63, 3.8) is 0 Å². The highest BCUT2D eigenvalue weighted by Crippen LogP contribution is 2.29. The number of aromatic amines is 1. The summed E-state index contributed by atoms with van der Waals surface area (Å²) in [6.07, 6.45) is 2.82. The van der Waals surface area contributed by atoms with E-state index in [1.165, 1.54) is 36.7 Å². The van der Waals surface area contributed by atoms with Crippen LogP contribution in [0.3, 0.4) is 0 Å². The average Bonchev–Trinajstić information content (AvgIpc) is 3.46. The Bertz CT molecular complexity index is 1660. The lowest BCUT2D eigenvalue weighted by Gasteiger charge is -2.19. The minimum atomic E-state index is -0.679. The van der Waals surface area contributed by atoms with E-state index >= 15 is 0 Å². The number of nitrogens with zero attached hydrogens (tertiary/aromatic N) is 1. The van der Waals surface area contributed by atoms with Gasteiger partial charge in [-0.05, 0) is 76.1 Å². The molecule has 0 saturated carbocycles. The van der Waals surface area contributed by atoms with Gasteiger partial charge in [0.25, 0.3) is 5.91 Å². The number of halogens is 2. The fraction of sp³-hybridized carbons (Fsp3) is 0.273. The Hall–Kier alpha value is -5.06. The number of Topliss-reactive ketones (excluding diaryl/α,β-unsaturated/α-hetero) is 1. The molecule has 230 valence electrons. The minimum absolute atomic E-state index is 0.176. The fourth-order valence-electron chi connectivity index (χ4n) is 4.19. The molecule has 0 saturated heterocycles. The molecule has 11 heteroatoms. The molecule has 0 spiro atoms. The van der Waals surface area contributed by atoms with Gasteiger partial charge < -0.3 is 25.1 Å². The van der Waals surface area contributed by atoms with E-state index in [9.17, 15) is 23.2 Å². The zero-order chi connectivity index (χ0) is 31.9. The van der Waals surface area contributed by atoms with Gasteiger partial charge in [-0.1, -0.05) is 17.7 Å². The molecule has 2 heterocycles. The van der Waals surface area contributed by atoms with E-state index in [-0.39, 0.29) is 40.7 Å². The number of hydrogen-bond acceptors (Lipinski definition) is 6. The first-order valence-corrected chi connectivity index (χ1v) is 14.0. The van der Waals surface area contributed by atoms with Crippen LogP contribution in [0.25, 0.3) is 11.4 Å². The van der Waals surface area contributed by atoms with Crippen LogP contribution in [0.15, 0.2) is 67.0 Å². The van der Waals surface area contributed by atoms with Crippen LogP contribution in [-0.2, 0) is 11.2 Å². The van der Waals surface area contributed by atoms with E-state index in [0.29, 0.717) is 36.5 Å². The number of amides is 2. The molecule has 4 aromatic rings. The van der Waals surface area contributed by atoms with Crippen molar-refractivity contribution >= 4 is 17.8 Å². The number of carbonyl (C=O) groups excluding carboxylic acids is 3. The van der Waals surface area contributed by atoms with Crippen LogP contribution in [0.5, 0.6) is 11.5 Å². The van der Waals surface area contributed by atoms with Crippen molar-refractivity contribution in [1.82, 2.24) is 20.6 Å². The summed E-state index contributed by atoms with van der Waals surface area (Å²) in [7, 11) is 0. The van der Waals surface area contributed by atoms with Crippen molar-refractivity contribution in [2.45, 2.75) is 46.1 Å². The topological polar surface area (TPSA) is 122 Å². The maximum Gasteiger partial charge on any atom is 0.407 e. The van der Waals surface area contributed by atoms with Crippen molar-refractivity contribution < 1.29 is 32.6 Å². The Kier molecular flexibility index (Phi) is 10.1. The second kappa shape index (κ2) is 13.9. The summed E-state index contributed by atoms with van der Waals surface area (Å²) < 4.78 is 39.7. The molecule has 0 radical (unpaired) electrons. The van der Waals surface area contributed by atoms with E-state index in [2.05, 4.69) is 20.6 Å². The van der Waals surface area contributed by atoms with E-state index in [0.717, 1.165) is 11.6 Å². The van der Waals surface area contributed by atoms with Crippen LogP contribution in [0.1, 0.15) is 59.0 Å². The molecule has 0 unspecified atom stereocenters. The van der Waals surface area contributed by atoms with Gasteiger partial charge in [0.2, 0.25) is 0 Å². The minimum Gasteiger partial charge on any atom is -0.454 e. The summed E-state index contributed by atoms with van der Waals surface area (Å²) in [6, 6.07) is 13.0. The van der Waals surface area contributed by atoms with Crippen LogP contribution in [0.4, 0.5) is 13.6 Å². The second-order valence-electron chi connectivity index (χ2n) is 11.2. The van der Waals surface area contributed by atoms with Gasteiger partial charge in [0.1, 0.15) is 17.2 Å². The quantitative estimate of drug-likeness (QED) is 0.132. The lowest BCUT2D eigenvalue weighted by molar-refractivity contribution is 0.0527. The number of ether oxygens (including phenoxy) is 2. The summed E-state index contributed by atoms with van der Waals surface area (Å²) in [5, 5.41) is 5.42. The van der Waals surface area contributed by atoms with Gasteiger partial charge in [-0.15, -0.1) is 0 Å². The Morgan fingerprint density at radius 1 is 0.909 bits per heavy atom. The van der Waals surface area contributed by atoms with Crippen LogP contribution < -0.4 is 15.4 Å². The van der Waals surface area contributed by atoms with Crippen molar-refractivity contribution in [2.24, 2.45) is 0 Å². The van der Waals surface area contributed by atoms with Crippen molar-refractivity contribution in [1.29, 1.82) is 0 Å². The number of hydrogen-bond donors (Lipinski definition) is 3. The van der Waals surface area contributed by atoms with Gasteiger partial charge >= 0.3 is 6.09 Å². The standard InChI is InChI=1S/C33H34F2N4O5/c1-20-6-8-25(34)22(14-20)16-29(40)21-7-9-26(35)30(17-21)43-24-10-13-36-28(18-24)27-15-23(19-39-27)31(41)37-11-5-12-38-32(42)44-33(2,3)4/h6-10,13-15,17-19,39H,5,11-12,16H2,1-4H3,(H,37,41)(H,38,42). The highest BCUT2D eigenvalue weighted by atomic mass is 19.1. The number of benzene rings is 2. The Balaban J connectivity index is 1.35. The van der Waals surface area contributed by atoms with E-state index in [1.54, 1.807) is 52.0 Å². The molecular formula is C33H34F2N4O5. The average molecular weight is 605 g/mol. The van der Waals surface area contributed by atoms with E-state index in [4.69, 9.17) is 9.47 Å². The highest BCUT2D eigenvalue weighted by Gasteiger charge is 2.17. The van der Waals surface area contributed by atoms with Gasteiger partial charge in [-0.3, -0.25) is 14.6 Å². The van der Waals surface area contributed by atoms with Gasteiger partial charge in [0.05, 0.1) is 17.0 Å². The highest BCUT2D eigenvalue weighted by molar-refractivity contribution is 5.98. The molecule has 4 rings (SSSR count). The third kappa shape index (κ3) is 8.97. The van der Waals surface area contributed by atoms with Gasteiger partial charge in [-0.25, -0.2) is 13.6 Å². The molecule has 0 aliphatic heterocycles. The predicted octanol–water partition coefficient (Wildman–Crippen LogP) is 6.53. The normalized spacial score (nSPS) is 11.1. The molecule has 44 heavy (non-hydrogen) atoms. The third-order valence-corrected chi connectivity index (χ3v) is 6.29. The Morgan fingerprint density at radius 3 is 2.43 bits per heavy atom. The summed E-state index contributed by atoms with van der Waals surface area (Å²) >= 11 is 0. The fourth-order valence-corrected chi connectivity index (χ4v) is 4.19. The number of alkyl carbamates (subject to hydrolysis) is 1. The van der Waals surface area contributed by atoms with E-state index < -0.39 is 23.3 Å². The Morgan fingerprint density at radius 2 is 1.66 bits per heavy atom. The van der Waals surface area contributed by atoms with Crippen molar-refractivity contribution in [3.05, 3.63) is 101 Å². The SMILES string of the molecule is Cc1ccc(F)c(CC(=O)c2ccc(F)c(Oc3ccnc(-c4cc(C(=O)NCCCNC(=O)OC(C)(C)C)c[nH]4)c3)c2)c1. The monoisotopic (exact) mass is 604 g/mol. The smallest absolute Gasteiger partial charge is 0.407 e. The van der Waals surface area contributed by atoms with Crippen molar-refractivity contribution in [2.75, 3.05) is 13.1 Å². The number of ketones is 1. The molecular weight excluding hydrogens is 570 g/mol. The van der Waals surface area contributed by atoms with Crippen LogP contribution >= 0.6 is 0 Å². The molecule has 0 atom stereocenters. The maximum atomic E-state index is 14.6. The predicted molar refractivity (Wildman–Crippen MR) is 161 cm³/mol. The summed E-state index contributed by atoms with van der Waals surface area (Å²) in [5.74, 6) is -1.78. The zero-order valence-corrected chi connectivity index (χ0v) is 24.9. The molecule has 0 aliphatic rings. The largest absolute Gasteiger partial charge is 0.454 e. The molecule has 0 fully saturated rings. The molecule has 2 aromatic heterocycles. The summed E-state index contributed by atoms with van der Waals surface area (Å²) in [6.45, 7) is 7.81. The first-order valence-electron chi connectivity index (χ1n) is 14.0. The third-order valence-electron chi connectivity index (χ3n) is 6.29. The maximum absolute atomic E-state index is 14.6. The van der Waals surface area contributed by atoms with Crippen LogP contribution in [-0.4, -0.2) is 46.4 Å². The first-order chi connectivity index (χ1) is 20.9.